The summed E-state index contributed by atoms with van der Waals surface area (Å²) in [5.41, 5.74) is 2.85. The van der Waals surface area contributed by atoms with Crippen molar-refractivity contribution in [1.29, 1.82) is 0 Å². The van der Waals surface area contributed by atoms with Crippen LogP contribution in [0, 0.1) is 20.8 Å². The van der Waals surface area contributed by atoms with Gasteiger partial charge in [-0.15, -0.1) is 11.3 Å². The van der Waals surface area contributed by atoms with Gasteiger partial charge in [-0.05, 0) is 50.5 Å². The SMILES string of the molecule is CCOC(=O)C(=O)Nc1sc(C(=O)Nc2cc(C)ccc2C)c(C)c1C(=O)OC. The van der Waals surface area contributed by atoms with Gasteiger partial charge in [0.25, 0.3) is 5.91 Å². The lowest BCUT2D eigenvalue weighted by Crippen LogP contribution is -2.25. The van der Waals surface area contributed by atoms with Crippen molar-refractivity contribution in [2.24, 2.45) is 0 Å². The van der Waals surface area contributed by atoms with Crippen LogP contribution in [0.4, 0.5) is 10.7 Å². The summed E-state index contributed by atoms with van der Waals surface area (Å²) >= 11 is 0.878. The zero-order valence-electron chi connectivity index (χ0n) is 16.8. The van der Waals surface area contributed by atoms with Crippen molar-refractivity contribution in [1.82, 2.24) is 0 Å². The fraction of sp³-hybridized carbons (Fsp3) is 0.300. The van der Waals surface area contributed by atoms with Crippen LogP contribution in [0.1, 0.15) is 43.6 Å². The lowest BCUT2D eigenvalue weighted by molar-refractivity contribution is -0.152. The average Bonchev–Trinajstić information content (AvgIpc) is 3.00. The van der Waals surface area contributed by atoms with Crippen LogP contribution < -0.4 is 10.6 Å². The molecular formula is C20H22N2O6S. The molecule has 2 rings (SSSR count). The summed E-state index contributed by atoms with van der Waals surface area (Å²) in [5, 5.41) is 5.19. The average molecular weight is 418 g/mol. The van der Waals surface area contributed by atoms with E-state index in [0.717, 1.165) is 22.5 Å². The molecule has 1 heterocycles. The first-order valence-electron chi connectivity index (χ1n) is 8.78. The summed E-state index contributed by atoms with van der Waals surface area (Å²) in [7, 11) is 1.19. The van der Waals surface area contributed by atoms with E-state index in [4.69, 9.17) is 4.74 Å². The third-order valence-electron chi connectivity index (χ3n) is 4.07. The number of nitrogens with one attached hydrogen (secondary N) is 2. The predicted molar refractivity (Wildman–Crippen MR) is 110 cm³/mol. The van der Waals surface area contributed by atoms with Crippen molar-refractivity contribution in [3.05, 3.63) is 45.3 Å². The Labute approximate surface area is 172 Å². The summed E-state index contributed by atoms with van der Waals surface area (Å²) in [6.45, 7) is 6.94. The molecule has 0 saturated heterocycles. The van der Waals surface area contributed by atoms with E-state index in [1.54, 1.807) is 13.8 Å². The van der Waals surface area contributed by atoms with Crippen LogP contribution in [0.3, 0.4) is 0 Å². The molecule has 0 unspecified atom stereocenters. The molecule has 29 heavy (non-hydrogen) atoms. The number of rotatable bonds is 5. The Morgan fingerprint density at radius 1 is 1.07 bits per heavy atom. The Bertz CT molecular complexity index is 980. The summed E-state index contributed by atoms with van der Waals surface area (Å²) in [6, 6.07) is 5.65. The van der Waals surface area contributed by atoms with Gasteiger partial charge in [0.05, 0.1) is 24.2 Å². The van der Waals surface area contributed by atoms with Gasteiger partial charge >= 0.3 is 17.8 Å². The largest absolute Gasteiger partial charge is 0.465 e. The maximum Gasteiger partial charge on any atom is 0.397 e. The first-order valence-corrected chi connectivity index (χ1v) is 9.59. The van der Waals surface area contributed by atoms with Gasteiger partial charge in [-0.3, -0.25) is 9.59 Å². The summed E-state index contributed by atoms with van der Waals surface area (Å²) in [6.07, 6.45) is 0. The standard InChI is InChI=1S/C20H22N2O6S/c1-6-28-20(26)17(24)22-18-14(19(25)27-5)12(4)15(29-18)16(23)21-13-9-10(2)7-8-11(13)3/h7-9H,6H2,1-5H3,(H,21,23)(H,22,24). The van der Waals surface area contributed by atoms with Gasteiger partial charge < -0.3 is 20.1 Å². The molecule has 1 aromatic heterocycles. The molecule has 0 radical (unpaired) electrons. The van der Waals surface area contributed by atoms with Crippen molar-refractivity contribution in [3.63, 3.8) is 0 Å². The molecule has 1 aromatic carbocycles. The van der Waals surface area contributed by atoms with E-state index < -0.39 is 23.8 Å². The van der Waals surface area contributed by atoms with Gasteiger partial charge in [0.2, 0.25) is 0 Å². The van der Waals surface area contributed by atoms with E-state index in [0.29, 0.717) is 11.3 Å². The van der Waals surface area contributed by atoms with Gasteiger partial charge in [-0.1, -0.05) is 12.1 Å². The van der Waals surface area contributed by atoms with Crippen LogP contribution in [0.15, 0.2) is 18.2 Å². The monoisotopic (exact) mass is 418 g/mol. The fourth-order valence-corrected chi connectivity index (χ4v) is 3.65. The highest BCUT2D eigenvalue weighted by molar-refractivity contribution is 7.19. The number of methoxy groups -OCH3 is 1. The third kappa shape index (κ3) is 5.00. The molecular weight excluding hydrogens is 396 g/mol. The summed E-state index contributed by atoms with van der Waals surface area (Å²) in [5.74, 6) is -3.30. The highest BCUT2D eigenvalue weighted by Gasteiger charge is 2.28. The molecule has 2 N–H and O–H groups in total. The van der Waals surface area contributed by atoms with Crippen molar-refractivity contribution in [2.45, 2.75) is 27.7 Å². The first kappa shape index (κ1) is 22.1. The van der Waals surface area contributed by atoms with E-state index in [9.17, 15) is 19.2 Å². The van der Waals surface area contributed by atoms with Crippen LogP contribution in [0.2, 0.25) is 0 Å². The molecule has 0 aliphatic carbocycles. The molecule has 0 bridgehead atoms. The Balaban J connectivity index is 2.39. The number of ether oxygens (including phenoxy) is 2. The maximum absolute atomic E-state index is 12.8. The van der Waals surface area contributed by atoms with E-state index >= 15 is 0 Å². The van der Waals surface area contributed by atoms with Crippen molar-refractivity contribution in [3.8, 4) is 0 Å². The van der Waals surface area contributed by atoms with Crippen molar-refractivity contribution >= 4 is 45.8 Å². The second-order valence-corrected chi connectivity index (χ2v) is 7.22. The molecule has 0 aliphatic heterocycles. The molecule has 154 valence electrons. The first-order chi connectivity index (χ1) is 13.7. The number of carbonyl (C=O) groups excluding carboxylic acids is 4. The lowest BCUT2D eigenvalue weighted by atomic mass is 10.1. The number of esters is 2. The van der Waals surface area contributed by atoms with Crippen molar-refractivity contribution in [2.75, 3.05) is 24.4 Å². The normalized spacial score (nSPS) is 10.2. The highest BCUT2D eigenvalue weighted by atomic mass is 32.1. The Hall–Kier alpha value is -3.20. The molecule has 2 aromatic rings. The van der Waals surface area contributed by atoms with Gasteiger partial charge in [0.15, 0.2) is 0 Å². The van der Waals surface area contributed by atoms with E-state index in [2.05, 4.69) is 15.4 Å². The Morgan fingerprint density at radius 2 is 1.76 bits per heavy atom. The molecule has 0 atom stereocenters. The zero-order chi connectivity index (χ0) is 21.7. The Kier molecular flexibility index (Phi) is 7.11. The number of hydrogen-bond acceptors (Lipinski definition) is 7. The van der Waals surface area contributed by atoms with Crippen molar-refractivity contribution < 1.29 is 28.7 Å². The number of carbonyl (C=O) groups is 4. The highest BCUT2D eigenvalue weighted by Crippen LogP contribution is 2.34. The van der Waals surface area contributed by atoms with Crippen LogP contribution in [-0.2, 0) is 19.1 Å². The van der Waals surface area contributed by atoms with Gasteiger partial charge in [-0.2, -0.15) is 0 Å². The molecule has 8 nitrogen and oxygen atoms in total. The topological polar surface area (TPSA) is 111 Å². The number of thiophene rings is 1. The quantitative estimate of drug-likeness (QED) is 0.570. The number of aryl methyl sites for hydroxylation is 2. The minimum Gasteiger partial charge on any atom is -0.465 e. The van der Waals surface area contributed by atoms with E-state index in [-0.39, 0.29) is 22.0 Å². The number of anilines is 2. The zero-order valence-corrected chi connectivity index (χ0v) is 17.6. The Morgan fingerprint density at radius 3 is 2.38 bits per heavy atom. The van der Waals surface area contributed by atoms with Crippen LogP contribution in [0.25, 0.3) is 0 Å². The molecule has 2 amide bonds. The number of hydrogen-bond donors (Lipinski definition) is 2. The minimum absolute atomic E-state index is 0.0151. The minimum atomic E-state index is -1.09. The van der Waals surface area contributed by atoms with Gasteiger partial charge in [-0.25, -0.2) is 9.59 Å². The number of amides is 2. The van der Waals surface area contributed by atoms with E-state index in [1.807, 2.05) is 32.0 Å². The lowest BCUT2D eigenvalue weighted by Gasteiger charge is -2.09. The van der Waals surface area contributed by atoms with Crippen LogP contribution in [0.5, 0.6) is 0 Å². The smallest absolute Gasteiger partial charge is 0.397 e. The summed E-state index contributed by atoms with van der Waals surface area (Å²) in [4.78, 5) is 48.9. The van der Waals surface area contributed by atoms with E-state index in [1.165, 1.54) is 7.11 Å². The van der Waals surface area contributed by atoms with Gasteiger partial charge in [0.1, 0.15) is 5.00 Å². The number of benzene rings is 1. The van der Waals surface area contributed by atoms with Gasteiger partial charge in [0, 0.05) is 5.69 Å². The summed E-state index contributed by atoms with van der Waals surface area (Å²) < 4.78 is 9.41. The molecule has 0 fully saturated rings. The maximum atomic E-state index is 12.8. The third-order valence-corrected chi connectivity index (χ3v) is 5.28. The second-order valence-electron chi connectivity index (χ2n) is 6.20. The fourth-order valence-electron chi connectivity index (χ4n) is 2.57. The molecule has 0 saturated carbocycles. The predicted octanol–water partition coefficient (Wildman–Crippen LogP) is 3.21. The second kappa shape index (κ2) is 9.33. The molecule has 0 spiro atoms. The van der Waals surface area contributed by atoms with Crippen LogP contribution in [-0.4, -0.2) is 37.5 Å². The molecule has 9 heteroatoms. The molecule has 0 aliphatic rings. The van der Waals surface area contributed by atoms with Crippen LogP contribution >= 0.6 is 11.3 Å².